The van der Waals surface area contributed by atoms with Gasteiger partial charge in [-0.05, 0) is 29.2 Å². The molecule has 18 heavy (non-hydrogen) atoms. The molecule has 0 spiro atoms. The molecule has 0 aliphatic rings. The van der Waals surface area contributed by atoms with E-state index in [4.69, 9.17) is 0 Å². The average Bonchev–Trinajstić information content (AvgIpc) is 2.40. The largest absolute Gasteiger partial charge is 0.545 e. The molecule has 0 bridgehead atoms. The molecule has 0 unspecified atom stereocenters. The van der Waals surface area contributed by atoms with E-state index in [0.29, 0.717) is 6.42 Å². The molecule has 0 fully saturated rings. The van der Waals surface area contributed by atoms with Crippen LogP contribution in [0.4, 0.5) is 0 Å². The van der Waals surface area contributed by atoms with Gasteiger partial charge in [-0.25, -0.2) is 0 Å². The molecule has 90 valence electrons. The van der Waals surface area contributed by atoms with Crippen LogP contribution in [0.1, 0.15) is 11.1 Å². The lowest BCUT2D eigenvalue weighted by Crippen LogP contribution is -2.25. The van der Waals surface area contributed by atoms with Crippen LogP contribution in [-0.4, -0.2) is 5.97 Å². The van der Waals surface area contributed by atoms with Crippen molar-refractivity contribution in [1.82, 2.24) is 0 Å². The summed E-state index contributed by atoms with van der Waals surface area (Å²) in [5.41, 5.74) is 2.11. The van der Waals surface area contributed by atoms with Gasteiger partial charge in [-0.1, -0.05) is 60.7 Å². The molecule has 0 aliphatic heterocycles. The highest BCUT2D eigenvalue weighted by atomic mass is 16.4. The van der Waals surface area contributed by atoms with Crippen molar-refractivity contribution in [3.05, 3.63) is 77.4 Å². The molecule has 0 atom stereocenters. The quantitative estimate of drug-likeness (QED) is 0.764. The minimum atomic E-state index is -1.12. The second kappa shape index (κ2) is 5.82. The fraction of sp³-hybridized carbons (Fsp3) is 0.0625. The maximum Gasteiger partial charge on any atom is 0.0678 e. The fourth-order valence-corrected chi connectivity index (χ4v) is 1.75. The topological polar surface area (TPSA) is 40.1 Å². The van der Waals surface area contributed by atoms with Gasteiger partial charge in [0.15, 0.2) is 0 Å². The van der Waals surface area contributed by atoms with Crippen LogP contribution in [0.25, 0.3) is 6.08 Å². The smallest absolute Gasteiger partial charge is 0.0678 e. The van der Waals surface area contributed by atoms with Crippen molar-refractivity contribution in [1.29, 1.82) is 0 Å². The SMILES string of the molecule is O=C([O-])C(=Cc1ccccc1)Cc1ccccc1. The number of benzene rings is 2. The Hall–Kier alpha value is -2.35. The summed E-state index contributed by atoms with van der Waals surface area (Å²) in [6, 6.07) is 18.9. The van der Waals surface area contributed by atoms with Gasteiger partial charge < -0.3 is 9.90 Å². The van der Waals surface area contributed by atoms with Crippen LogP contribution in [-0.2, 0) is 11.2 Å². The van der Waals surface area contributed by atoms with Gasteiger partial charge in [-0.2, -0.15) is 0 Å². The monoisotopic (exact) mass is 237 g/mol. The number of carboxylic acid groups (broad SMARTS) is 1. The van der Waals surface area contributed by atoms with Gasteiger partial charge in [0, 0.05) is 0 Å². The lowest BCUT2D eigenvalue weighted by Gasteiger charge is -2.09. The maximum absolute atomic E-state index is 11.1. The molecule has 2 aromatic rings. The summed E-state index contributed by atoms with van der Waals surface area (Å²) in [5.74, 6) is -1.12. The predicted molar refractivity (Wildman–Crippen MR) is 69.6 cm³/mol. The summed E-state index contributed by atoms with van der Waals surface area (Å²) in [7, 11) is 0. The molecule has 2 rings (SSSR count). The highest BCUT2D eigenvalue weighted by Gasteiger charge is 2.01. The molecule has 0 amide bonds. The van der Waals surface area contributed by atoms with E-state index in [9.17, 15) is 9.90 Å². The zero-order chi connectivity index (χ0) is 12.8. The van der Waals surface area contributed by atoms with E-state index in [2.05, 4.69) is 0 Å². The minimum absolute atomic E-state index is 0.285. The summed E-state index contributed by atoms with van der Waals surface area (Å²) in [6.45, 7) is 0. The van der Waals surface area contributed by atoms with E-state index in [1.807, 2.05) is 60.7 Å². The fourth-order valence-electron chi connectivity index (χ4n) is 1.75. The second-order valence-electron chi connectivity index (χ2n) is 4.03. The van der Waals surface area contributed by atoms with E-state index in [0.717, 1.165) is 11.1 Å². The Balaban J connectivity index is 2.25. The summed E-state index contributed by atoms with van der Waals surface area (Å²) < 4.78 is 0. The van der Waals surface area contributed by atoms with Gasteiger partial charge >= 0.3 is 0 Å². The predicted octanol–water partition coefficient (Wildman–Crippen LogP) is 2.06. The molecule has 2 nitrogen and oxygen atoms in total. The van der Waals surface area contributed by atoms with E-state index < -0.39 is 5.97 Å². The van der Waals surface area contributed by atoms with Crippen LogP contribution in [0.5, 0.6) is 0 Å². The molecular weight excluding hydrogens is 224 g/mol. The zero-order valence-corrected chi connectivity index (χ0v) is 9.87. The Bertz CT molecular complexity index is 542. The van der Waals surface area contributed by atoms with Crippen LogP contribution >= 0.6 is 0 Å². The molecule has 2 heteroatoms. The Labute approximate surface area is 106 Å². The molecule has 2 aromatic carbocycles. The number of aliphatic carboxylic acids is 1. The van der Waals surface area contributed by atoms with Gasteiger partial charge in [0.2, 0.25) is 0 Å². The van der Waals surface area contributed by atoms with Crippen molar-refractivity contribution in [2.75, 3.05) is 0 Å². The first-order valence-corrected chi connectivity index (χ1v) is 5.76. The number of rotatable bonds is 4. The van der Waals surface area contributed by atoms with E-state index in [1.165, 1.54) is 0 Å². The van der Waals surface area contributed by atoms with Crippen LogP contribution in [0.2, 0.25) is 0 Å². The van der Waals surface area contributed by atoms with Gasteiger partial charge in [0.05, 0.1) is 5.97 Å². The van der Waals surface area contributed by atoms with Crippen molar-refractivity contribution in [2.45, 2.75) is 6.42 Å². The molecule has 0 heterocycles. The number of carbonyl (C=O) groups excluding carboxylic acids is 1. The zero-order valence-electron chi connectivity index (χ0n) is 9.87. The second-order valence-corrected chi connectivity index (χ2v) is 4.03. The van der Waals surface area contributed by atoms with Crippen molar-refractivity contribution in [2.24, 2.45) is 0 Å². The summed E-state index contributed by atoms with van der Waals surface area (Å²) in [6.07, 6.45) is 2.03. The third-order valence-electron chi connectivity index (χ3n) is 2.64. The highest BCUT2D eigenvalue weighted by molar-refractivity contribution is 5.91. The molecule has 0 saturated carbocycles. The summed E-state index contributed by atoms with van der Waals surface area (Å²) >= 11 is 0. The van der Waals surface area contributed by atoms with Crippen LogP contribution in [0.15, 0.2) is 66.2 Å². The number of carboxylic acids is 1. The van der Waals surface area contributed by atoms with Crippen molar-refractivity contribution in [3.8, 4) is 0 Å². The van der Waals surface area contributed by atoms with Gasteiger partial charge in [-0.15, -0.1) is 0 Å². The van der Waals surface area contributed by atoms with E-state index in [1.54, 1.807) is 6.08 Å². The molecular formula is C16H13O2-. The standard InChI is InChI=1S/C16H14O2/c17-16(18)15(11-13-7-3-1-4-8-13)12-14-9-5-2-6-10-14/h1-11H,12H2,(H,17,18)/p-1. The highest BCUT2D eigenvalue weighted by Crippen LogP contribution is 2.12. The molecule has 0 aliphatic carbocycles. The Kier molecular flexibility index (Phi) is 3.92. The Morgan fingerprint density at radius 1 is 0.944 bits per heavy atom. The van der Waals surface area contributed by atoms with Gasteiger partial charge in [-0.3, -0.25) is 0 Å². The Morgan fingerprint density at radius 3 is 2.06 bits per heavy atom. The van der Waals surface area contributed by atoms with Gasteiger partial charge in [0.1, 0.15) is 0 Å². The van der Waals surface area contributed by atoms with Crippen molar-refractivity contribution in [3.63, 3.8) is 0 Å². The first kappa shape index (κ1) is 12.1. The van der Waals surface area contributed by atoms with Crippen LogP contribution in [0, 0.1) is 0 Å². The number of hydrogen-bond acceptors (Lipinski definition) is 2. The van der Waals surface area contributed by atoms with Gasteiger partial charge in [0.25, 0.3) is 0 Å². The first-order valence-electron chi connectivity index (χ1n) is 5.76. The third-order valence-corrected chi connectivity index (χ3v) is 2.64. The lowest BCUT2D eigenvalue weighted by molar-refractivity contribution is -0.299. The minimum Gasteiger partial charge on any atom is -0.545 e. The number of carbonyl (C=O) groups is 1. The normalized spacial score (nSPS) is 11.2. The summed E-state index contributed by atoms with van der Waals surface area (Å²) in [4.78, 5) is 11.1. The number of hydrogen-bond donors (Lipinski definition) is 0. The molecule has 0 aromatic heterocycles. The van der Waals surface area contributed by atoms with Crippen molar-refractivity contribution >= 4 is 12.0 Å². The molecule has 0 radical (unpaired) electrons. The average molecular weight is 237 g/mol. The molecule has 0 N–H and O–H groups in total. The van der Waals surface area contributed by atoms with E-state index >= 15 is 0 Å². The lowest BCUT2D eigenvalue weighted by atomic mass is 10.0. The van der Waals surface area contributed by atoms with Crippen molar-refractivity contribution < 1.29 is 9.90 Å². The first-order chi connectivity index (χ1) is 8.75. The van der Waals surface area contributed by atoms with Crippen LogP contribution < -0.4 is 5.11 Å². The maximum atomic E-state index is 11.1. The van der Waals surface area contributed by atoms with Crippen LogP contribution in [0.3, 0.4) is 0 Å². The third kappa shape index (κ3) is 3.32. The summed E-state index contributed by atoms with van der Waals surface area (Å²) in [5, 5.41) is 11.1. The van der Waals surface area contributed by atoms with E-state index in [-0.39, 0.29) is 5.57 Å². The Morgan fingerprint density at radius 2 is 1.50 bits per heavy atom. The molecule has 0 saturated heterocycles.